The zero-order valence-corrected chi connectivity index (χ0v) is 17.5. The number of nitrogens with zero attached hydrogens (tertiary/aromatic N) is 1. The van der Waals surface area contributed by atoms with Crippen LogP contribution in [0.3, 0.4) is 0 Å². The van der Waals surface area contributed by atoms with Crippen molar-refractivity contribution in [1.29, 1.82) is 0 Å². The number of anilines is 1. The van der Waals surface area contributed by atoms with Gasteiger partial charge in [-0.15, -0.1) is 0 Å². The molecule has 2 N–H and O–H groups in total. The van der Waals surface area contributed by atoms with Crippen LogP contribution in [0.1, 0.15) is 21.5 Å². The number of rotatable bonds is 5. The number of nitrogens with one attached hydrogen (secondary N) is 2. The fourth-order valence-electron chi connectivity index (χ4n) is 2.85. The highest BCUT2D eigenvalue weighted by Gasteiger charge is 2.19. The lowest BCUT2D eigenvalue weighted by molar-refractivity contribution is -0.128. The highest BCUT2D eigenvalue weighted by atomic mass is 79.9. The van der Waals surface area contributed by atoms with Crippen LogP contribution in [0.15, 0.2) is 45.3 Å². The van der Waals surface area contributed by atoms with Crippen molar-refractivity contribution in [2.45, 2.75) is 13.0 Å². The maximum absolute atomic E-state index is 12.4. The number of amides is 2. The minimum absolute atomic E-state index is 0.0326. The molecule has 0 bridgehead atoms. The number of hydrogen-bond acceptors (Lipinski definition) is 3. The van der Waals surface area contributed by atoms with Crippen LogP contribution < -0.4 is 10.6 Å². The average Bonchev–Trinajstić information content (AvgIpc) is 2.62. The number of benzene rings is 2. The Labute approximate surface area is 169 Å². The summed E-state index contributed by atoms with van der Waals surface area (Å²) in [5.74, 6) is -0.103. The SMILES string of the molecule is CN(Cc1ccccc1Br)C(=O)CNc1cc2c(cc1Br)CCNC2=O. The van der Waals surface area contributed by atoms with Gasteiger partial charge >= 0.3 is 0 Å². The molecule has 136 valence electrons. The Hall–Kier alpha value is -1.86. The Kier molecular flexibility index (Phi) is 5.98. The second-order valence-corrected chi connectivity index (χ2v) is 7.90. The van der Waals surface area contributed by atoms with Crippen LogP contribution in [-0.4, -0.2) is 36.9 Å². The molecule has 0 spiro atoms. The molecule has 0 saturated heterocycles. The molecule has 0 atom stereocenters. The van der Waals surface area contributed by atoms with Gasteiger partial charge in [0, 0.05) is 40.3 Å². The summed E-state index contributed by atoms with van der Waals surface area (Å²) in [6.07, 6.45) is 0.813. The predicted octanol–water partition coefficient (Wildman–Crippen LogP) is 3.57. The van der Waals surface area contributed by atoms with Gasteiger partial charge in [-0.3, -0.25) is 9.59 Å². The third-order valence-corrected chi connectivity index (χ3v) is 5.77. The summed E-state index contributed by atoms with van der Waals surface area (Å²) < 4.78 is 1.84. The molecule has 1 heterocycles. The zero-order valence-electron chi connectivity index (χ0n) is 14.3. The lowest BCUT2D eigenvalue weighted by Crippen LogP contribution is -2.33. The molecule has 3 rings (SSSR count). The van der Waals surface area contributed by atoms with Crippen LogP contribution in [0.25, 0.3) is 0 Å². The molecule has 0 aliphatic carbocycles. The van der Waals surface area contributed by atoms with E-state index in [-0.39, 0.29) is 18.4 Å². The zero-order chi connectivity index (χ0) is 18.7. The van der Waals surface area contributed by atoms with Gasteiger partial charge in [0.25, 0.3) is 5.91 Å². The monoisotopic (exact) mass is 479 g/mol. The molecule has 2 aromatic rings. The molecule has 1 aliphatic heterocycles. The summed E-state index contributed by atoms with van der Waals surface area (Å²) in [5, 5.41) is 5.97. The quantitative estimate of drug-likeness (QED) is 0.687. The fraction of sp³-hybridized carbons (Fsp3) is 0.263. The Morgan fingerprint density at radius 2 is 2.00 bits per heavy atom. The highest BCUT2D eigenvalue weighted by Crippen LogP contribution is 2.28. The van der Waals surface area contributed by atoms with E-state index < -0.39 is 0 Å². The number of carbonyl (C=O) groups is 2. The van der Waals surface area contributed by atoms with Crippen LogP contribution in [-0.2, 0) is 17.8 Å². The maximum Gasteiger partial charge on any atom is 0.251 e. The van der Waals surface area contributed by atoms with Gasteiger partial charge in [0.2, 0.25) is 5.91 Å². The Bertz CT molecular complexity index is 855. The van der Waals surface area contributed by atoms with Gasteiger partial charge in [0.1, 0.15) is 0 Å². The van der Waals surface area contributed by atoms with Crippen molar-refractivity contribution in [2.75, 3.05) is 25.5 Å². The fourth-order valence-corrected chi connectivity index (χ4v) is 3.79. The van der Waals surface area contributed by atoms with Crippen LogP contribution in [0.4, 0.5) is 5.69 Å². The smallest absolute Gasteiger partial charge is 0.251 e. The van der Waals surface area contributed by atoms with E-state index in [1.165, 1.54) is 0 Å². The number of likely N-dealkylation sites (N-methyl/N-ethyl adjacent to an activating group) is 1. The summed E-state index contributed by atoms with van der Waals surface area (Å²) in [5.41, 5.74) is 3.47. The third-order valence-electron chi connectivity index (χ3n) is 4.34. The first kappa shape index (κ1) is 18.9. The van der Waals surface area contributed by atoms with Gasteiger partial charge in [-0.2, -0.15) is 0 Å². The Morgan fingerprint density at radius 3 is 2.77 bits per heavy atom. The topological polar surface area (TPSA) is 61.4 Å². The van der Waals surface area contributed by atoms with E-state index in [2.05, 4.69) is 42.5 Å². The second kappa shape index (κ2) is 8.22. The lowest BCUT2D eigenvalue weighted by atomic mass is 10.00. The van der Waals surface area contributed by atoms with Crippen molar-refractivity contribution in [1.82, 2.24) is 10.2 Å². The number of hydrogen-bond donors (Lipinski definition) is 2. The average molecular weight is 481 g/mol. The minimum Gasteiger partial charge on any atom is -0.375 e. The van der Waals surface area contributed by atoms with E-state index in [9.17, 15) is 9.59 Å². The summed E-state index contributed by atoms with van der Waals surface area (Å²) in [6, 6.07) is 11.6. The van der Waals surface area contributed by atoms with Gasteiger partial charge in [-0.05, 0) is 51.7 Å². The van der Waals surface area contributed by atoms with Crippen LogP contribution in [0.5, 0.6) is 0 Å². The van der Waals surface area contributed by atoms with Crippen molar-refractivity contribution in [2.24, 2.45) is 0 Å². The highest BCUT2D eigenvalue weighted by molar-refractivity contribution is 9.10. The number of carbonyl (C=O) groups excluding carboxylic acids is 2. The molecule has 1 aliphatic rings. The van der Waals surface area contributed by atoms with Crippen LogP contribution in [0, 0.1) is 0 Å². The van der Waals surface area contributed by atoms with E-state index in [4.69, 9.17) is 0 Å². The van der Waals surface area contributed by atoms with Crippen molar-refractivity contribution in [3.63, 3.8) is 0 Å². The van der Waals surface area contributed by atoms with Gasteiger partial charge in [0.15, 0.2) is 0 Å². The predicted molar refractivity (Wildman–Crippen MR) is 109 cm³/mol. The van der Waals surface area contributed by atoms with E-state index in [0.717, 1.165) is 32.2 Å². The van der Waals surface area contributed by atoms with Gasteiger partial charge in [0.05, 0.1) is 6.54 Å². The molecule has 2 aromatic carbocycles. The minimum atomic E-state index is -0.0702. The van der Waals surface area contributed by atoms with E-state index in [1.54, 1.807) is 18.0 Å². The molecule has 26 heavy (non-hydrogen) atoms. The molecule has 0 fully saturated rings. The molecule has 0 saturated carbocycles. The van der Waals surface area contributed by atoms with Gasteiger partial charge in [-0.25, -0.2) is 0 Å². The van der Waals surface area contributed by atoms with Crippen molar-refractivity contribution in [3.05, 3.63) is 62.0 Å². The van der Waals surface area contributed by atoms with Crippen molar-refractivity contribution in [3.8, 4) is 0 Å². The summed E-state index contributed by atoms with van der Waals surface area (Å²) in [6.45, 7) is 1.33. The standard InChI is InChI=1S/C19H19Br2N3O2/c1-24(11-13-4-2-3-5-15(13)20)18(25)10-23-17-9-14-12(8-16(17)21)6-7-22-19(14)26/h2-5,8-9,23H,6-7,10-11H2,1H3,(H,22,26). The molecular formula is C19H19Br2N3O2. The largest absolute Gasteiger partial charge is 0.375 e. The van der Waals surface area contributed by atoms with Gasteiger partial charge in [-0.1, -0.05) is 34.1 Å². The molecule has 0 unspecified atom stereocenters. The Balaban J connectivity index is 1.65. The van der Waals surface area contributed by atoms with Gasteiger partial charge < -0.3 is 15.5 Å². The summed E-state index contributed by atoms with van der Waals surface area (Å²) in [4.78, 5) is 26.1. The van der Waals surface area contributed by atoms with Crippen molar-refractivity contribution >= 4 is 49.4 Å². The van der Waals surface area contributed by atoms with Crippen LogP contribution >= 0.6 is 31.9 Å². The molecule has 5 nitrogen and oxygen atoms in total. The van der Waals surface area contributed by atoms with E-state index >= 15 is 0 Å². The summed E-state index contributed by atoms with van der Waals surface area (Å²) in [7, 11) is 1.78. The second-order valence-electron chi connectivity index (χ2n) is 6.19. The first-order valence-electron chi connectivity index (χ1n) is 8.27. The normalized spacial score (nSPS) is 13.0. The lowest BCUT2D eigenvalue weighted by Gasteiger charge is -2.21. The molecule has 0 aromatic heterocycles. The molecule has 7 heteroatoms. The molecular weight excluding hydrogens is 462 g/mol. The summed E-state index contributed by atoms with van der Waals surface area (Å²) >= 11 is 7.02. The van der Waals surface area contributed by atoms with Crippen LogP contribution in [0.2, 0.25) is 0 Å². The Morgan fingerprint density at radius 1 is 1.23 bits per heavy atom. The third kappa shape index (κ3) is 4.27. The first-order valence-corrected chi connectivity index (χ1v) is 9.86. The molecule has 2 amide bonds. The first-order chi connectivity index (χ1) is 12.5. The number of fused-ring (bicyclic) bond motifs is 1. The number of halogens is 2. The van der Waals surface area contributed by atoms with E-state index in [1.807, 2.05) is 30.3 Å². The van der Waals surface area contributed by atoms with E-state index in [0.29, 0.717) is 18.7 Å². The van der Waals surface area contributed by atoms with Crippen molar-refractivity contribution < 1.29 is 9.59 Å². The molecule has 0 radical (unpaired) electrons. The maximum atomic E-state index is 12.4.